The Morgan fingerprint density at radius 3 is 2.76 bits per heavy atom. The smallest absolute Gasteiger partial charge is 0.127 e. The van der Waals surface area contributed by atoms with Gasteiger partial charge < -0.3 is 14.2 Å². The van der Waals surface area contributed by atoms with Gasteiger partial charge in [-0.1, -0.05) is 6.07 Å². The van der Waals surface area contributed by atoms with Crippen LogP contribution >= 0.6 is 11.6 Å². The lowest BCUT2D eigenvalue weighted by atomic mass is 10.0. The van der Waals surface area contributed by atoms with Gasteiger partial charge in [-0.2, -0.15) is 0 Å². The summed E-state index contributed by atoms with van der Waals surface area (Å²) in [7, 11) is 3.27. The second-order valence-electron chi connectivity index (χ2n) is 4.06. The van der Waals surface area contributed by atoms with Crippen LogP contribution in [-0.2, 0) is 4.74 Å². The molecule has 0 aromatic heterocycles. The molecule has 0 radical (unpaired) electrons. The van der Waals surface area contributed by atoms with Crippen molar-refractivity contribution in [3.8, 4) is 11.5 Å². The molecule has 1 fully saturated rings. The minimum atomic E-state index is -0.168. The third-order valence-electron chi connectivity index (χ3n) is 3.03. The standard InChI is InChI=1S/C13H17ClO3/c1-15-9-5-6-10(12(8-9)16-2)13(14)11-4-3-7-17-11/h5-6,8,11,13H,3-4,7H2,1-2H3. The highest BCUT2D eigenvalue weighted by molar-refractivity contribution is 6.21. The fraction of sp³-hybridized carbons (Fsp3) is 0.538. The van der Waals surface area contributed by atoms with Gasteiger partial charge in [-0.05, 0) is 18.9 Å². The summed E-state index contributed by atoms with van der Waals surface area (Å²) in [5.41, 5.74) is 0.960. The van der Waals surface area contributed by atoms with E-state index in [1.165, 1.54) is 0 Å². The zero-order valence-electron chi connectivity index (χ0n) is 10.1. The molecule has 0 amide bonds. The van der Waals surface area contributed by atoms with Gasteiger partial charge in [0.05, 0.1) is 25.7 Å². The van der Waals surface area contributed by atoms with Crippen LogP contribution in [0.1, 0.15) is 23.8 Å². The molecule has 1 aromatic rings. The van der Waals surface area contributed by atoms with E-state index in [-0.39, 0.29) is 11.5 Å². The molecule has 0 spiro atoms. The number of ether oxygens (including phenoxy) is 3. The number of rotatable bonds is 4. The Bertz CT molecular complexity index is 375. The summed E-state index contributed by atoms with van der Waals surface area (Å²) in [6.07, 6.45) is 2.16. The van der Waals surface area contributed by atoms with Gasteiger partial charge in [0.2, 0.25) is 0 Å². The second-order valence-corrected chi connectivity index (χ2v) is 4.53. The predicted molar refractivity (Wildman–Crippen MR) is 67.1 cm³/mol. The lowest BCUT2D eigenvalue weighted by molar-refractivity contribution is 0.107. The van der Waals surface area contributed by atoms with Gasteiger partial charge in [0.25, 0.3) is 0 Å². The van der Waals surface area contributed by atoms with Gasteiger partial charge in [0.1, 0.15) is 11.5 Å². The summed E-state index contributed by atoms with van der Waals surface area (Å²) in [6, 6.07) is 5.68. The third-order valence-corrected chi connectivity index (χ3v) is 3.55. The molecule has 0 bridgehead atoms. The summed E-state index contributed by atoms with van der Waals surface area (Å²) in [5.74, 6) is 1.52. The Morgan fingerprint density at radius 1 is 1.35 bits per heavy atom. The Kier molecular flexibility index (Phi) is 4.13. The molecule has 1 heterocycles. The fourth-order valence-electron chi connectivity index (χ4n) is 2.08. The van der Waals surface area contributed by atoms with Crippen LogP contribution in [-0.4, -0.2) is 26.9 Å². The van der Waals surface area contributed by atoms with Crippen molar-refractivity contribution in [2.45, 2.75) is 24.3 Å². The first-order chi connectivity index (χ1) is 8.26. The Balaban J connectivity index is 2.23. The SMILES string of the molecule is COc1ccc(C(Cl)C2CCCO2)c(OC)c1. The first kappa shape index (κ1) is 12.5. The summed E-state index contributed by atoms with van der Waals surface area (Å²) in [5, 5.41) is -0.168. The Labute approximate surface area is 107 Å². The third kappa shape index (κ3) is 2.67. The summed E-state index contributed by atoms with van der Waals surface area (Å²) in [6.45, 7) is 0.798. The van der Waals surface area contributed by atoms with E-state index in [1.54, 1.807) is 14.2 Å². The summed E-state index contributed by atoms with van der Waals surface area (Å²) in [4.78, 5) is 0. The van der Waals surface area contributed by atoms with E-state index in [0.717, 1.165) is 36.5 Å². The molecule has 0 saturated carbocycles. The first-order valence-corrected chi connectivity index (χ1v) is 6.17. The van der Waals surface area contributed by atoms with Gasteiger partial charge in [-0.3, -0.25) is 0 Å². The maximum Gasteiger partial charge on any atom is 0.127 e. The molecule has 1 aliphatic rings. The average Bonchev–Trinajstić information content (AvgIpc) is 2.91. The van der Waals surface area contributed by atoms with Crippen LogP contribution in [0.3, 0.4) is 0 Å². The van der Waals surface area contributed by atoms with Crippen LogP contribution in [0.15, 0.2) is 18.2 Å². The fourth-order valence-corrected chi connectivity index (χ4v) is 2.46. The maximum atomic E-state index is 6.45. The summed E-state index contributed by atoms with van der Waals surface area (Å²) < 4.78 is 16.1. The summed E-state index contributed by atoms with van der Waals surface area (Å²) >= 11 is 6.45. The molecule has 2 atom stereocenters. The number of benzene rings is 1. The van der Waals surface area contributed by atoms with Crippen LogP contribution in [0, 0.1) is 0 Å². The van der Waals surface area contributed by atoms with Gasteiger partial charge in [0.15, 0.2) is 0 Å². The van der Waals surface area contributed by atoms with Gasteiger partial charge in [0, 0.05) is 18.2 Å². The number of alkyl halides is 1. The van der Waals surface area contributed by atoms with Crippen molar-refractivity contribution in [1.29, 1.82) is 0 Å². The molecule has 2 unspecified atom stereocenters. The van der Waals surface area contributed by atoms with Crippen molar-refractivity contribution >= 4 is 11.6 Å². The molecule has 1 saturated heterocycles. The van der Waals surface area contributed by atoms with Crippen LogP contribution in [0.2, 0.25) is 0 Å². The number of hydrogen-bond donors (Lipinski definition) is 0. The zero-order chi connectivity index (χ0) is 12.3. The van der Waals surface area contributed by atoms with Gasteiger partial charge >= 0.3 is 0 Å². The maximum absolute atomic E-state index is 6.45. The van der Waals surface area contributed by atoms with Crippen molar-refractivity contribution in [3.05, 3.63) is 23.8 Å². The Hall–Kier alpha value is -0.930. The van der Waals surface area contributed by atoms with Crippen LogP contribution in [0.25, 0.3) is 0 Å². The average molecular weight is 257 g/mol. The molecular weight excluding hydrogens is 240 g/mol. The first-order valence-electron chi connectivity index (χ1n) is 5.74. The highest BCUT2D eigenvalue weighted by Gasteiger charge is 2.27. The van der Waals surface area contributed by atoms with Crippen LogP contribution < -0.4 is 9.47 Å². The van der Waals surface area contributed by atoms with Crippen molar-refractivity contribution in [2.75, 3.05) is 20.8 Å². The van der Waals surface area contributed by atoms with E-state index in [1.807, 2.05) is 18.2 Å². The topological polar surface area (TPSA) is 27.7 Å². The lowest BCUT2D eigenvalue weighted by Crippen LogP contribution is -2.13. The molecule has 2 rings (SSSR count). The zero-order valence-corrected chi connectivity index (χ0v) is 10.9. The molecule has 17 heavy (non-hydrogen) atoms. The van der Waals surface area contributed by atoms with E-state index in [4.69, 9.17) is 25.8 Å². The van der Waals surface area contributed by atoms with Crippen molar-refractivity contribution < 1.29 is 14.2 Å². The quantitative estimate of drug-likeness (QED) is 0.775. The molecule has 0 N–H and O–H groups in total. The highest BCUT2D eigenvalue weighted by Crippen LogP contribution is 2.38. The number of hydrogen-bond acceptors (Lipinski definition) is 3. The van der Waals surface area contributed by atoms with E-state index in [2.05, 4.69) is 0 Å². The van der Waals surface area contributed by atoms with Crippen LogP contribution in [0.5, 0.6) is 11.5 Å². The molecule has 1 aromatic carbocycles. The van der Waals surface area contributed by atoms with Crippen LogP contribution in [0.4, 0.5) is 0 Å². The Morgan fingerprint density at radius 2 is 2.18 bits per heavy atom. The molecule has 94 valence electrons. The molecule has 4 heteroatoms. The normalized spacial score (nSPS) is 21.2. The molecule has 3 nitrogen and oxygen atoms in total. The van der Waals surface area contributed by atoms with Crippen molar-refractivity contribution in [1.82, 2.24) is 0 Å². The van der Waals surface area contributed by atoms with Gasteiger partial charge in [-0.15, -0.1) is 11.6 Å². The molecular formula is C13H17ClO3. The molecule has 0 aliphatic carbocycles. The molecule has 1 aliphatic heterocycles. The largest absolute Gasteiger partial charge is 0.497 e. The van der Waals surface area contributed by atoms with Crippen molar-refractivity contribution in [3.63, 3.8) is 0 Å². The van der Waals surface area contributed by atoms with E-state index >= 15 is 0 Å². The minimum absolute atomic E-state index is 0.0824. The second kappa shape index (κ2) is 5.61. The number of methoxy groups -OCH3 is 2. The van der Waals surface area contributed by atoms with Gasteiger partial charge in [-0.25, -0.2) is 0 Å². The monoisotopic (exact) mass is 256 g/mol. The number of halogens is 1. The van der Waals surface area contributed by atoms with E-state index in [0.29, 0.717) is 0 Å². The predicted octanol–water partition coefficient (Wildman–Crippen LogP) is 3.16. The lowest BCUT2D eigenvalue weighted by Gasteiger charge is -2.19. The van der Waals surface area contributed by atoms with E-state index < -0.39 is 0 Å². The van der Waals surface area contributed by atoms with E-state index in [9.17, 15) is 0 Å². The highest BCUT2D eigenvalue weighted by atomic mass is 35.5. The van der Waals surface area contributed by atoms with Crippen molar-refractivity contribution in [2.24, 2.45) is 0 Å². The minimum Gasteiger partial charge on any atom is -0.497 e.